The summed E-state index contributed by atoms with van der Waals surface area (Å²) in [6.45, 7) is 1.81. The Morgan fingerprint density at radius 1 is 1.46 bits per heavy atom. The van der Waals surface area contributed by atoms with Gasteiger partial charge in [-0.2, -0.15) is 0 Å². The number of rotatable bonds is 2. The summed E-state index contributed by atoms with van der Waals surface area (Å²) in [6.07, 6.45) is 1.44. The van der Waals surface area contributed by atoms with Crippen molar-refractivity contribution in [2.45, 2.75) is 11.9 Å². The molecule has 0 bridgehead atoms. The van der Waals surface area contributed by atoms with Crippen LogP contribution in [0.25, 0.3) is 4.24 Å². The van der Waals surface area contributed by atoms with Crippen LogP contribution in [0, 0.1) is 6.92 Å². The van der Waals surface area contributed by atoms with Gasteiger partial charge in [-0.25, -0.2) is 13.4 Å². The van der Waals surface area contributed by atoms with Crippen molar-refractivity contribution in [1.82, 2.24) is 4.98 Å². The molecular formula is C6H6ClN2NaO2S. The van der Waals surface area contributed by atoms with Gasteiger partial charge >= 0.3 is 29.6 Å². The monoisotopic (exact) mass is 228 g/mol. The topological polar surface area (TPSA) is 61.1 Å². The van der Waals surface area contributed by atoms with E-state index in [-0.39, 0.29) is 34.6 Å². The average molecular weight is 229 g/mol. The molecule has 13 heavy (non-hydrogen) atoms. The third-order valence-corrected chi connectivity index (χ3v) is 2.74. The minimum atomic E-state index is -3.74. The smallest absolute Gasteiger partial charge is 0.457 e. The van der Waals surface area contributed by atoms with Crippen LogP contribution in [-0.4, -0.2) is 13.4 Å². The van der Waals surface area contributed by atoms with Crippen molar-refractivity contribution in [1.29, 1.82) is 0 Å². The van der Waals surface area contributed by atoms with Gasteiger partial charge < -0.3 is 4.24 Å². The molecule has 1 rings (SSSR count). The number of aryl methyl sites for hydroxylation is 1. The molecule has 0 N–H and O–H groups in total. The van der Waals surface area contributed by atoms with E-state index in [0.29, 0.717) is 0 Å². The van der Waals surface area contributed by atoms with Crippen LogP contribution in [0.15, 0.2) is 23.4 Å². The van der Waals surface area contributed by atoms with Gasteiger partial charge in [-0.1, -0.05) is 6.07 Å². The minimum Gasteiger partial charge on any atom is -0.457 e. The number of halogens is 1. The zero-order valence-corrected chi connectivity index (χ0v) is 10.8. The Balaban J connectivity index is 0.00000144. The molecule has 0 radical (unpaired) electrons. The number of aromatic nitrogens is 1. The third-order valence-electron chi connectivity index (χ3n) is 1.24. The van der Waals surface area contributed by atoms with E-state index in [2.05, 4.69) is 9.23 Å². The van der Waals surface area contributed by atoms with Gasteiger partial charge in [0.1, 0.15) is 15.0 Å². The Bertz CT molecular complexity index is 365. The van der Waals surface area contributed by atoms with Crippen molar-refractivity contribution >= 4 is 21.8 Å². The van der Waals surface area contributed by atoms with E-state index in [1.807, 2.05) is 0 Å². The number of sulfonamides is 1. The molecule has 0 aliphatic heterocycles. The second-order valence-electron chi connectivity index (χ2n) is 2.22. The maximum absolute atomic E-state index is 11.0. The van der Waals surface area contributed by atoms with Crippen LogP contribution in [-0.2, 0) is 10.0 Å². The van der Waals surface area contributed by atoms with Gasteiger partial charge in [0, 0.05) is 6.20 Å². The molecule has 0 atom stereocenters. The van der Waals surface area contributed by atoms with E-state index < -0.39 is 10.0 Å². The van der Waals surface area contributed by atoms with Gasteiger partial charge in [0.15, 0.2) is 0 Å². The maximum Gasteiger partial charge on any atom is 1.00 e. The zero-order chi connectivity index (χ0) is 9.19. The van der Waals surface area contributed by atoms with Crippen molar-refractivity contribution in [2.75, 3.05) is 0 Å². The van der Waals surface area contributed by atoms with Crippen LogP contribution < -0.4 is 29.6 Å². The molecule has 0 aliphatic carbocycles. The van der Waals surface area contributed by atoms with Crippen molar-refractivity contribution in [2.24, 2.45) is 0 Å². The Morgan fingerprint density at radius 3 is 2.46 bits per heavy atom. The van der Waals surface area contributed by atoms with E-state index in [9.17, 15) is 8.42 Å². The fourth-order valence-electron chi connectivity index (χ4n) is 0.642. The first-order chi connectivity index (χ1) is 5.56. The average Bonchev–Trinajstić information content (AvgIpc) is 2.05. The van der Waals surface area contributed by atoms with E-state index in [1.54, 1.807) is 13.0 Å². The summed E-state index contributed by atoms with van der Waals surface area (Å²) in [5.41, 5.74) is 0.878. The third kappa shape index (κ3) is 3.53. The van der Waals surface area contributed by atoms with E-state index in [1.165, 1.54) is 12.3 Å². The quantitative estimate of drug-likeness (QED) is 0.586. The maximum atomic E-state index is 11.0. The predicted octanol–water partition coefficient (Wildman–Crippen LogP) is -1.39. The van der Waals surface area contributed by atoms with Crippen LogP contribution >= 0.6 is 11.8 Å². The normalized spacial score (nSPS) is 10.6. The van der Waals surface area contributed by atoms with Gasteiger partial charge in [0.2, 0.25) is 0 Å². The summed E-state index contributed by atoms with van der Waals surface area (Å²) < 4.78 is 24.6. The fourth-order valence-corrected chi connectivity index (χ4v) is 1.35. The van der Waals surface area contributed by atoms with Gasteiger partial charge in [-0.05, 0) is 18.6 Å². The van der Waals surface area contributed by atoms with Crippen LogP contribution in [0.5, 0.6) is 0 Å². The summed E-state index contributed by atoms with van der Waals surface area (Å²) in [4.78, 5) is 3.65. The first kappa shape index (κ1) is 13.4. The molecule has 0 spiro atoms. The van der Waals surface area contributed by atoms with Crippen LogP contribution in [0.4, 0.5) is 0 Å². The number of hydrogen-bond donors (Lipinski definition) is 0. The number of hydrogen-bond acceptors (Lipinski definition) is 3. The van der Waals surface area contributed by atoms with Gasteiger partial charge in [-0.15, -0.1) is 0 Å². The Kier molecular flexibility index (Phi) is 5.43. The second-order valence-corrected chi connectivity index (χ2v) is 4.14. The minimum absolute atomic E-state index is 0. The van der Waals surface area contributed by atoms with Crippen molar-refractivity contribution in [3.63, 3.8) is 0 Å². The van der Waals surface area contributed by atoms with Crippen molar-refractivity contribution in [3.8, 4) is 0 Å². The molecule has 0 aliphatic rings. The van der Waals surface area contributed by atoms with E-state index in [4.69, 9.17) is 11.8 Å². The molecule has 66 valence electrons. The van der Waals surface area contributed by atoms with Crippen LogP contribution in [0.3, 0.4) is 0 Å². The summed E-state index contributed by atoms with van der Waals surface area (Å²) >= 11 is 4.86. The molecule has 1 heterocycles. The molecule has 7 heteroatoms. The summed E-state index contributed by atoms with van der Waals surface area (Å²) in [5, 5.41) is -0.136. The second kappa shape index (κ2) is 5.29. The first-order valence-corrected chi connectivity index (χ1v) is 4.85. The Labute approximate surface area is 104 Å². The fraction of sp³-hybridized carbons (Fsp3) is 0.167. The Hall–Kier alpha value is 0.350. The molecule has 0 unspecified atom stereocenters. The SMILES string of the molecule is Cc1ccc(S(=O)(=O)[N-]Cl)nc1.[Na+]. The standard InChI is InChI=1S/C6H6ClN2O2S.Na/c1-5-2-3-6(8-4-5)12(10,11)9-7;/h2-4H,1H3;/q-1;+1. The van der Waals surface area contributed by atoms with Gasteiger partial charge in [0.05, 0.1) is 0 Å². The summed E-state index contributed by atoms with van der Waals surface area (Å²) in [7, 11) is -3.74. The first-order valence-electron chi connectivity index (χ1n) is 3.07. The molecule has 0 saturated heterocycles. The molecule has 0 fully saturated rings. The van der Waals surface area contributed by atoms with Crippen LogP contribution in [0.2, 0.25) is 0 Å². The zero-order valence-electron chi connectivity index (χ0n) is 7.23. The molecule has 0 saturated carbocycles. The summed E-state index contributed by atoms with van der Waals surface area (Å²) in [5.74, 6) is 0. The number of nitrogens with zero attached hydrogens (tertiary/aromatic N) is 2. The molecule has 0 amide bonds. The van der Waals surface area contributed by atoms with Crippen LogP contribution in [0.1, 0.15) is 5.56 Å². The number of pyridine rings is 1. The van der Waals surface area contributed by atoms with E-state index in [0.717, 1.165) is 5.56 Å². The van der Waals surface area contributed by atoms with Gasteiger partial charge in [-0.3, -0.25) is 11.8 Å². The molecule has 1 aromatic heterocycles. The van der Waals surface area contributed by atoms with E-state index >= 15 is 0 Å². The Morgan fingerprint density at radius 2 is 2.08 bits per heavy atom. The molecule has 4 nitrogen and oxygen atoms in total. The van der Waals surface area contributed by atoms with Crippen molar-refractivity contribution < 1.29 is 38.0 Å². The molecular weight excluding hydrogens is 223 g/mol. The molecule has 0 aromatic carbocycles. The summed E-state index contributed by atoms with van der Waals surface area (Å²) in [6, 6.07) is 2.98. The molecule has 1 aromatic rings. The largest absolute Gasteiger partial charge is 1.00 e. The van der Waals surface area contributed by atoms with Gasteiger partial charge in [0.25, 0.3) is 0 Å². The predicted molar refractivity (Wildman–Crippen MR) is 45.4 cm³/mol. The van der Waals surface area contributed by atoms with Crippen molar-refractivity contribution in [3.05, 3.63) is 28.1 Å².